The lowest BCUT2D eigenvalue weighted by molar-refractivity contribution is -0.111. The van der Waals surface area contributed by atoms with Gasteiger partial charge in [-0.15, -0.1) is 0 Å². The molecular weight excluding hydrogens is 630 g/mol. The fourth-order valence-electron chi connectivity index (χ4n) is 3.88. The first-order chi connectivity index (χ1) is 18.5. The molecule has 0 aromatic heterocycles. The number of aromatic hydroxyl groups is 1. The van der Waals surface area contributed by atoms with E-state index in [9.17, 15) is 19.5 Å². The molecule has 0 bridgehead atoms. The highest BCUT2D eigenvalue weighted by atomic mass is 79.9. The summed E-state index contributed by atoms with van der Waals surface area (Å²) in [6, 6.07) is 18.6. The molecule has 0 aliphatic heterocycles. The van der Waals surface area contributed by atoms with E-state index >= 15 is 0 Å². The highest BCUT2D eigenvalue weighted by Crippen LogP contribution is 2.46. The first kappa shape index (κ1) is 29.9. The van der Waals surface area contributed by atoms with E-state index in [0.717, 1.165) is 0 Å². The van der Waals surface area contributed by atoms with Crippen LogP contribution in [0.1, 0.15) is 48.7 Å². The predicted octanol–water partition coefficient (Wildman–Crippen LogP) is 7.11. The highest BCUT2D eigenvalue weighted by Gasteiger charge is 2.36. The number of carbonyl (C=O) groups is 3. The molecule has 3 aromatic carbocycles. The number of allylic oxidation sites excluding steroid dienone is 1. The molecule has 39 heavy (non-hydrogen) atoms. The van der Waals surface area contributed by atoms with Crippen molar-refractivity contribution in [3.8, 4) is 5.75 Å². The molecule has 0 saturated heterocycles. The van der Waals surface area contributed by atoms with Crippen molar-refractivity contribution in [2.45, 2.75) is 32.8 Å². The molecule has 3 aromatic rings. The zero-order valence-corrected chi connectivity index (χ0v) is 24.6. The van der Waals surface area contributed by atoms with Crippen LogP contribution >= 0.6 is 31.9 Å². The van der Waals surface area contributed by atoms with E-state index in [0.29, 0.717) is 44.3 Å². The van der Waals surface area contributed by atoms with Gasteiger partial charge < -0.3 is 20.9 Å². The number of halogens is 2. The van der Waals surface area contributed by atoms with Crippen molar-refractivity contribution in [2.75, 3.05) is 11.1 Å². The first-order valence-corrected chi connectivity index (χ1v) is 13.6. The molecule has 3 amide bonds. The van der Waals surface area contributed by atoms with Crippen LogP contribution in [0.25, 0.3) is 0 Å². The topological polar surface area (TPSA) is 131 Å². The highest BCUT2D eigenvalue weighted by molar-refractivity contribution is 9.11. The molecular formula is C29H29Br2N3O5. The Kier molecular flexibility index (Phi) is 10.3. The Labute approximate surface area is 243 Å². The summed E-state index contributed by atoms with van der Waals surface area (Å²) in [6.07, 6.45) is 2.16. The number of phenols is 1. The minimum absolute atomic E-state index is 0.0890. The summed E-state index contributed by atoms with van der Waals surface area (Å²) in [5.41, 5.74) is 6.79. The minimum Gasteiger partial charge on any atom is -0.506 e. The second-order valence-electron chi connectivity index (χ2n) is 9.44. The Morgan fingerprint density at radius 3 is 2.41 bits per heavy atom. The van der Waals surface area contributed by atoms with Gasteiger partial charge in [0.1, 0.15) is 11.9 Å². The first-order valence-electron chi connectivity index (χ1n) is 12.0. The standard InChI is InChI=1S/C29H29Br2N3O5/c1-29(2,15-9-8-14-24(35)33-23-13-7-6-12-22(23)32)26(20-16-19(30)17-21(31)25(20)36)39-28(38)34-27(37)18-10-4-3-5-11-18/h3-8,10-14,16-17,26,36H,9,15,32H2,1-2H3,(H,33,35)(H,34,37,38)/b14-8+/t26-/m0/s1. The van der Waals surface area contributed by atoms with Gasteiger partial charge in [0, 0.05) is 21.0 Å². The van der Waals surface area contributed by atoms with Gasteiger partial charge in [-0.2, -0.15) is 0 Å². The van der Waals surface area contributed by atoms with Crippen LogP contribution in [0.2, 0.25) is 0 Å². The van der Waals surface area contributed by atoms with E-state index in [1.165, 1.54) is 6.08 Å². The number of carbonyl (C=O) groups excluding carboxylic acids is 3. The number of rotatable bonds is 9. The molecule has 0 aliphatic carbocycles. The van der Waals surface area contributed by atoms with E-state index in [2.05, 4.69) is 42.5 Å². The van der Waals surface area contributed by atoms with E-state index in [4.69, 9.17) is 10.5 Å². The fourth-order valence-corrected chi connectivity index (χ4v) is 5.14. The van der Waals surface area contributed by atoms with Gasteiger partial charge >= 0.3 is 6.09 Å². The monoisotopic (exact) mass is 657 g/mol. The fraction of sp³-hybridized carbons (Fsp3) is 0.207. The molecule has 0 saturated carbocycles. The smallest absolute Gasteiger partial charge is 0.414 e. The van der Waals surface area contributed by atoms with Crippen LogP contribution in [0.5, 0.6) is 5.75 Å². The Morgan fingerprint density at radius 2 is 1.72 bits per heavy atom. The number of anilines is 2. The normalized spacial score (nSPS) is 12.1. The van der Waals surface area contributed by atoms with Crippen LogP contribution in [0.15, 0.2) is 87.8 Å². The summed E-state index contributed by atoms with van der Waals surface area (Å²) < 4.78 is 6.83. The van der Waals surface area contributed by atoms with Crippen molar-refractivity contribution in [1.82, 2.24) is 5.32 Å². The molecule has 204 valence electrons. The number of hydrogen-bond donors (Lipinski definition) is 4. The van der Waals surface area contributed by atoms with Gasteiger partial charge in [-0.05, 0) is 71.2 Å². The Morgan fingerprint density at radius 1 is 1.05 bits per heavy atom. The lowest BCUT2D eigenvalue weighted by Gasteiger charge is -2.34. The van der Waals surface area contributed by atoms with Crippen LogP contribution < -0.4 is 16.4 Å². The number of para-hydroxylation sites is 2. The number of alkyl carbamates (subject to hydrolysis) is 1. The third-order valence-electron chi connectivity index (χ3n) is 5.97. The van der Waals surface area contributed by atoms with E-state index in [1.807, 2.05) is 13.8 Å². The maximum Gasteiger partial charge on any atom is 0.414 e. The molecule has 3 rings (SSSR count). The lowest BCUT2D eigenvalue weighted by atomic mass is 9.78. The van der Waals surface area contributed by atoms with Crippen molar-refractivity contribution in [2.24, 2.45) is 5.41 Å². The Bertz CT molecular complexity index is 1380. The number of phenolic OH excluding ortho intramolecular Hbond substituents is 1. The van der Waals surface area contributed by atoms with Crippen molar-refractivity contribution in [3.05, 3.63) is 99.0 Å². The largest absolute Gasteiger partial charge is 0.506 e. The number of hydrogen-bond acceptors (Lipinski definition) is 6. The van der Waals surface area contributed by atoms with E-state index in [1.54, 1.807) is 72.8 Å². The van der Waals surface area contributed by atoms with Crippen molar-refractivity contribution in [3.63, 3.8) is 0 Å². The average Bonchev–Trinajstić information content (AvgIpc) is 2.89. The third-order valence-corrected chi connectivity index (χ3v) is 7.03. The summed E-state index contributed by atoms with van der Waals surface area (Å²) >= 11 is 6.74. The van der Waals surface area contributed by atoms with Gasteiger partial charge in [0.25, 0.3) is 5.91 Å². The second-order valence-corrected chi connectivity index (χ2v) is 11.2. The van der Waals surface area contributed by atoms with Gasteiger partial charge in [0.2, 0.25) is 5.91 Å². The summed E-state index contributed by atoms with van der Waals surface area (Å²) in [5, 5.41) is 15.8. The summed E-state index contributed by atoms with van der Waals surface area (Å²) in [5.74, 6) is -1.02. The molecule has 1 atom stereocenters. The van der Waals surface area contributed by atoms with Crippen LogP contribution in [0.3, 0.4) is 0 Å². The molecule has 5 N–H and O–H groups in total. The summed E-state index contributed by atoms with van der Waals surface area (Å²) in [4.78, 5) is 37.6. The molecule has 0 spiro atoms. The number of amides is 3. The summed E-state index contributed by atoms with van der Waals surface area (Å²) in [7, 11) is 0. The van der Waals surface area contributed by atoms with Crippen LogP contribution in [-0.2, 0) is 9.53 Å². The van der Waals surface area contributed by atoms with Crippen LogP contribution in [-0.4, -0.2) is 23.0 Å². The zero-order chi connectivity index (χ0) is 28.6. The lowest BCUT2D eigenvalue weighted by Crippen LogP contribution is -2.35. The molecule has 0 radical (unpaired) electrons. The molecule has 8 nitrogen and oxygen atoms in total. The SMILES string of the molecule is CC(C)(CC/C=C/C(=O)Nc1ccccc1N)[C@@H](OC(=O)NC(=O)c1ccccc1)c1cc(Br)cc(Br)c1O. The van der Waals surface area contributed by atoms with Gasteiger partial charge in [0.15, 0.2) is 0 Å². The Hall–Kier alpha value is -3.63. The van der Waals surface area contributed by atoms with Crippen LogP contribution in [0.4, 0.5) is 16.2 Å². The van der Waals surface area contributed by atoms with Crippen molar-refractivity contribution < 1.29 is 24.2 Å². The van der Waals surface area contributed by atoms with Gasteiger partial charge in [0.05, 0.1) is 15.8 Å². The maximum absolute atomic E-state index is 12.8. The molecule has 0 heterocycles. The van der Waals surface area contributed by atoms with Crippen molar-refractivity contribution in [1.29, 1.82) is 0 Å². The number of ether oxygens (including phenoxy) is 1. The van der Waals surface area contributed by atoms with E-state index < -0.39 is 23.5 Å². The quantitative estimate of drug-likeness (QED) is 0.143. The molecule has 0 unspecified atom stereocenters. The predicted molar refractivity (Wildman–Crippen MR) is 158 cm³/mol. The number of nitrogens with one attached hydrogen (secondary N) is 2. The molecule has 0 fully saturated rings. The molecule has 10 heteroatoms. The molecule has 0 aliphatic rings. The Balaban J connectivity index is 1.75. The van der Waals surface area contributed by atoms with Gasteiger partial charge in [-0.1, -0.05) is 66.2 Å². The average molecular weight is 659 g/mol. The number of nitrogens with two attached hydrogens (primary N) is 1. The minimum atomic E-state index is -0.951. The number of nitrogen functional groups attached to an aromatic ring is 1. The third kappa shape index (κ3) is 8.43. The summed E-state index contributed by atoms with van der Waals surface area (Å²) in [6.45, 7) is 3.74. The van der Waals surface area contributed by atoms with Crippen molar-refractivity contribution >= 4 is 61.1 Å². The zero-order valence-electron chi connectivity index (χ0n) is 21.4. The number of benzene rings is 3. The maximum atomic E-state index is 12.8. The van der Waals surface area contributed by atoms with E-state index in [-0.39, 0.29) is 11.7 Å². The number of imide groups is 1. The van der Waals surface area contributed by atoms with Gasteiger partial charge in [-0.25, -0.2) is 4.79 Å². The van der Waals surface area contributed by atoms with Gasteiger partial charge in [-0.3, -0.25) is 14.9 Å². The second kappa shape index (κ2) is 13.4. The van der Waals surface area contributed by atoms with Crippen LogP contribution in [0, 0.1) is 5.41 Å².